The molecule has 1 aromatic heterocycles. The smallest absolute Gasteiger partial charge is 0.420 e. The first kappa shape index (κ1) is 19.4. The van der Waals surface area contributed by atoms with Gasteiger partial charge in [0.15, 0.2) is 0 Å². The van der Waals surface area contributed by atoms with Crippen molar-refractivity contribution in [2.75, 3.05) is 6.61 Å². The summed E-state index contributed by atoms with van der Waals surface area (Å²) < 4.78 is 59.2. The molecular formula is C17H14ClF4N3O2. The van der Waals surface area contributed by atoms with E-state index in [4.69, 9.17) is 16.3 Å². The molecule has 0 fully saturated rings. The monoisotopic (exact) mass is 403 g/mol. The summed E-state index contributed by atoms with van der Waals surface area (Å²) >= 11 is 5.58. The van der Waals surface area contributed by atoms with Gasteiger partial charge in [-0.25, -0.2) is 9.07 Å². The van der Waals surface area contributed by atoms with Crippen LogP contribution in [0.5, 0.6) is 11.5 Å². The molecule has 27 heavy (non-hydrogen) atoms. The Hall–Kier alpha value is -2.39. The Morgan fingerprint density at radius 2 is 1.85 bits per heavy atom. The molecule has 0 bridgehead atoms. The number of halogens is 5. The van der Waals surface area contributed by atoms with Crippen molar-refractivity contribution in [1.29, 1.82) is 0 Å². The molecule has 0 aliphatic carbocycles. The van der Waals surface area contributed by atoms with Crippen molar-refractivity contribution in [3.05, 3.63) is 46.7 Å². The zero-order valence-corrected chi connectivity index (χ0v) is 14.9. The van der Waals surface area contributed by atoms with Gasteiger partial charge in [-0.2, -0.15) is 13.2 Å². The molecule has 10 heteroatoms. The summed E-state index contributed by atoms with van der Waals surface area (Å²) in [6.07, 6.45) is -4.91. The van der Waals surface area contributed by atoms with Crippen molar-refractivity contribution < 1.29 is 27.4 Å². The number of benzene rings is 2. The highest BCUT2D eigenvalue weighted by Crippen LogP contribution is 2.39. The third-order valence-corrected chi connectivity index (χ3v) is 4.21. The minimum atomic E-state index is -4.91. The van der Waals surface area contributed by atoms with Gasteiger partial charge in [-0.3, -0.25) is 0 Å². The highest BCUT2D eigenvalue weighted by Gasteiger charge is 2.37. The molecule has 0 unspecified atom stereocenters. The number of fused-ring (bicyclic) bond motifs is 1. The van der Waals surface area contributed by atoms with Crippen molar-refractivity contribution in [2.45, 2.75) is 25.6 Å². The molecule has 0 atom stereocenters. The van der Waals surface area contributed by atoms with Crippen molar-refractivity contribution in [2.24, 2.45) is 0 Å². The lowest BCUT2D eigenvalue weighted by molar-refractivity contribution is -0.139. The van der Waals surface area contributed by atoms with Crippen LogP contribution in [0.3, 0.4) is 0 Å². The minimum Gasteiger partial charge on any atom is -0.457 e. The van der Waals surface area contributed by atoms with Crippen LogP contribution in [0, 0.1) is 5.82 Å². The Balaban J connectivity index is 1.99. The second-order valence-electron chi connectivity index (χ2n) is 6.48. The number of nitrogens with zero attached hydrogens (tertiary/aromatic N) is 3. The molecule has 0 saturated carbocycles. The lowest BCUT2D eigenvalue weighted by Gasteiger charge is -2.22. The number of aliphatic hydroxyl groups is 1. The lowest BCUT2D eigenvalue weighted by Crippen LogP contribution is -2.31. The van der Waals surface area contributed by atoms with Crippen molar-refractivity contribution >= 4 is 22.6 Å². The Bertz CT molecular complexity index is 978. The maximum absolute atomic E-state index is 13.8. The van der Waals surface area contributed by atoms with E-state index >= 15 is 0 Å². The zero-order chi connectivity index (χ0) is 20.0. The molecule has 1 N–H and O–H groups in total. The third-order valence-electron chi connectivity index (χ3n) is 3.91. The van der Waals surface area contributed by atoms with E-state index < -0.39 is 28.1 Å². The molecule has 0 amide bonds. The minimum absolute atomic E-state index is 0.190. The van der Waals surface area contributed by atoms with E-state index in [1.165, 1.54) is 16.8 Å². The Kier molecular flexibility index (Phi) is 4.77. The van der Waals surface area contributed by atoms with Crippen LogP contribution in [0.15, 0.2) is 30.3 Å². The maximum Gasteiger partial charge on any atom is 0.420 e. The summed E-state index contributed by atoms with van der Waals surface area (Å²) in [5.41, 5.74) is -1.22. The summed E-state index contributed by atoms with van der Waals surface area (Å²) in [6.45, 7) is 3.30. The number of aliphatic hydroxyl groups excluding tert-OH is 1. The first-order valence-electron chi connectivity index (χ1n) is 7.74. The van der Waals surface area contributed by atoms with Gasteiger partial charge in [0.2, 0.25) is 0 Å². The van der Waals surface area contributed by atoms with E-state index in [0.717, 1.165) is 6.07 Å². The topological polar surface area (TPSA) is 60.2 Å². The number of alkyl halides is 3. The van der Waals surface area contributed by atoms with Crippen LogP contribution in [-0.4, -0.2) is 26.7 Å². The molecule has 144 valence electrons. The Morgan fingerprint density at radius 1 is 1.15 bits per heavy atom. The molecule has 0 spiro atoms. The second-order valence-corrected chi connectivity index (χ2v) is 6.89. The summed E-state index contributed by atoms with van der Waals surface area (Å²) in [5.74, 6) is -1.50. The van der Waals surface area contributed by atoms with Crippen LogP contribution in [0.2, 0.25) is 5.02 Å². The summed E-state index contributed by atoms with van der Waals surface area (Å²) in [4.78, 5) is 0. The number of hydrogen-bond donors (Lipinski definition) is 1. The molecule has 0 aliphatic rings. The molecule has 2 aromatic carbocycles. The summed E-state index contributed by atoms with van der Waals surface area (Å²) in [5, 5.41) is 16.7. The fourth-order valence-corrected chi connectivity index (χ4v) is 2.80. The lowest BCUT2D eigenvalue weighted by atomic mass is 10.1. The van der Waals surface area contributed by atoms with E-state index in [1.54, 1.807) is 19.9 Å². The quantitative estimate of drug-likeness (QED) is 0.638. The zero-order valence-electron chi connectivity index (χ0n) is 14.2. The predicted octanol–water partition coefficient (Wildman–Crippen LogP) is 4.76. The van der Waals surface area contributed by atoms with E-state index in [-0.39, 0.29) is 18.1 Å². The predicted molar refractivity (Wildman–Crippen MR) is 90.4 cm³/mol. The molecule has 3 aromatic rings. The third kappa shape index (κ3) is 3.70. The molecule has 1 heterocycles. The van der Waals surface area contributed by atoms with Gasteiger partial charge in [-0.15, -0.1) is 5.10 Å². The molecular weight excluding hydrogens is 390 g/mol. The van der Waals surface area contributed by atoms with Gasteiger partial charge >= 0.3 is 6.18 Å². The van der Waals surface area contributed by atoms with Crippen LogP contribution in [-0.2, 0) is 11.7 Å². The second kappa shape index (κ2) is 6.65. The Morgan fingerprint density at radius 3 is 2.44 bits per heavy atom. The molecule has 3 rings (SSSR count). The molecule has 5 nitrogen and oxygen atoms in total. The maximum atomic E-state index is 13.8. The first-order valence-corrected chi connectivity index (χ1v) is 8.11. The standard InChI is InChI=1S/C17H14ClF4N3O2/c1-16(2,8-26)25-14-7-9(3-4-13(14)23-24-25)27-10-5-11(18)15(12(19)6-10)17(20,21)22/h3-7,26H,8H2,1-2H3. The fourth-order valence-electron chi connectivity index (χ4n) is 2.49. The van der Waals surface area contributed by atoms with E-state index in [2.05, 4.69) is 10.3 Å². The molecule has 0 aliphatic heterocycles. The number of rotatable bonds is 4. The van der Waals surface area contributed by atoms with Gasteiger partial charge in [0.1, 0.15) is 28.4 Å². The van der Waals surface area contributed by atoms with Crippen molar-refractivity contribution in [1.82, 2.24) is 15.0 Å². The normalized spacial score (nSPS) is 12.6. The van der Waals surface area contributed by atoms with Gasteiger partial charge in [0.25, 0.3) is 0 Å². The molecule has 0 saturated heterocycles. The average molecular weight is 404 g/mol. The van der Waals surface area contributed by atoms with Crippen molar-refractivity contribution in [3.8, 4) is 11.5 Å². The Labute approximate surface area is 156 Å². The van der Waals surface area contributed by atoms with E-state index in [0.29, 0.717) is 17.1 Å². The van der Waals surface area contributed by atoms with Gasteiger partial charge in [-0.05, 0) is 26.0 Å². The largest absolute Gasteiger partial charge is 0.457 e. The van der Waals surface area contributed by atoms with Crippen LogP contribution in [0.4, 0.5) is 17.6 Å². The molecule has 0 radical (unpaired) electrons. The SMILES string of the molecule is CC(C)(CO)n1nnc2ccc(Oc3cc(F)c(C(F)(F)F)c(Cl)c3)cc21. The first-order chi connectivity index (χ1) is 12.5. The van der Waals surface area contributed by atoms with Gasteiger partial charge in [-0.1, -0.05) is 16.8 Å². The van der Waals surface area contributed by atoms with Crippen LogP contribution in [0.25, 0.3) is 11.0 Å². The van der Waals surface area contributed by atoms with E-state index in [9.17, 15) is 22.7 Å². The summed E-state index contributed by atoms with van der Waals surface area (Å²) in [7, 11) is 0. The van der Waals surface area contributed by atoms with Crippen LogP contribution in [0.1, 0.15) is 19.4 Å². The van der Waals surface area contributed by atoms with Gasteiger partial charge < -0.3 is 9.84 Å². The number of ether oxygens (including phenoxy) is 1. The van der Waals surface area contributed by atoms with E-state index in [1.807, 2.05) is 0 Å². The number of aromatic nitrogens is 3. The van der Waals surface area contributed by atoms with Crippen LogP contribution >= 0.6 is 11.6 Å². The highest BCUT2D eigenvalue weighted by atomic mass is 35.5. The van der Waals surface area contributed by atoms with Crippen LogP contribution < -0.4 is 4.74 Å². The van der Waals surface area contributed by atoms with Gasteiger partial charge in [0, 0.05) is 18.2 Å². The number of hydrogen-bond acceptors (Lipinski definition) is 4. The highest BCUT2D eigenvalue weighted by molar-refractivity contribution is 6.31. The van der Waals surface area contributed by atoms with Gasteiger partial charge in [0.05, 0.1) is 22.7 Å². The average Bonchev–Trinajstić information content (AvgIpc) is 2.96. The van der Waals surface area contributed by atoms with Crippen molar-refractivity contribution in [3.63, 3.8) is 0 Å². The summed E-state index contributed by atoms with van der Waals surface area (Å²) in [6, 6.07) is 6.15. The fraction of sp³-hybridized carbons (Fsp3) is 0.294.